The number of nitrogens with zero attached hydrogens (tertiary/aromatic N) is 2. The summed E-state index contributed by atoms with van der Waals surface area (Å²) in [6, 6.07) is 7.52. The van der Waals surface area contributed by atoms with E-state index in [-0.39, 0.29) is 11.3 Å². The third-order valence-electron chi connectivity index (χ3n) is 4.72. The number of amides is 1. The third kappa shape index (κ3) is 3.91. The first kappa shape index (κ1) is 20.0. The lowest BCUT2D eigenvalue weighted by molar-refractivity contribution is -0.162. The topological polar surface area (TPSA) is 57.3 Å². The van der Waals surface area contributed by atoms with E-state index < -0.39 is 24.3 Å². The first-order valence-electron chi connectivity index (χ1n) is 9.01. The van der Waals surface area contributed by atoms with E-state index >= 15 is 0 Å². The number of carbonyl (C=O) groups is 1. The molecule has 2 aliphatic heterocycles. The van der Waals surface area contributed by atoms with Gasteiger partial charge in [-0.1, -0.05) is 35.9 Å². The van der Waals surface area contributed by atoms with Crippen molar-refractivity contribution in [3.05, 3.63) is 101 Å². The summed E-state index contributed by atoms with van der Waals surface area (Å²) in [5.41, 5.74) is 1.12. The van der Waals surface area contributed by atoms with E-state index in [2.05, 4.69) is 15.6 Å². The van der Waals surface area contributed by atoms with E-state index in [1.807, 2.05) is 6.07 Å². The van der Waals surface area contributed by atoms with Gasteiger partial charge < -0.3 is 15.5 Å². The van der Waals surface area contributed by atoms with Crippen LogP contribution in [0.15, 0.2) is 84.6 Å². The molecule has 154 valence electrons. The molecule has 0 radical (unpaired) electrons. The Morgan fingerprint density at radius 1 is 1.23 bits per heavy atom. The second-order valence-electron chi connectivity index (χ2n) is 6.70. The lowest BCUT2D eigenvalue weighted by atomic mass is 10.1. The predicted molar refractivity (Wildman–Crippen MR) is 106 cm³/mol. The minimum atomic E-state index is -4.68. The van der Waals surface area contributed by atoms with Crippen LogP contribution in [-0.2, 0) is 4.79 Å². The van der Waals surface area contributed by atoms with Crippen LogP contribution < -0.4 is 10.6 Å². The smallest absolute Gasteiger partial charge is 0.355 e. The van der Waals surface area contributed by atoms with Crippen molar-refractivity contribution < 1.29 is 18.0 Å². The van der Waals surface area contributed by atoms with Crippen LogP contribution in [0.3, 0.4) is 0 Å². The summed E-state index contributed by atoms with van der Waals surface area (Å²) in [6.07, 6.45) is 4.19. The fraction of sp³-hybridized carbons (Fsp3) is 0.143. The largest absolute Gasteiger partial charge is 0.412 e. The lowest BCUT2D eigenvalue weighted by Crippen LogP contribution is -2.41. The van der Waals surface area contributed by atoms with Gasteiger partial charge in [0.1, 0.15) is 11.9 Å². The van der Waals surface area contributed by atoms with Crippen molar-refractivity contribution in [2.75, 3.05) is 0 Å². The number of benzene rings is 1. The van der Waals surface area contributed by atoms with Gasteiger partial charge in [-0.25, -0.2) is 0 Å². The second kappa shape index (κ2) is 7.87. The minimum absolute atomic E-state index is 0.0405. The van der Waals surface area contributed by atoms with Crippen molar-refractivity contribution in [2.24, 2.45) is 0 Å². The van der Waals surface area contributed by atoms with Gasteiger partial charge in [-0.2, -0.15) is 13.2 Å². The molecule has 2 N–H and O–H groups in total. The zero-order chi connectivity index (χ0) is 21.3. The number of carbonyl (C=O) groups excluding carboxylic acids is 1. The van der Waals surface area contributed by atoms with Crippen LogP contribution in [0, 0.1) is 0 Å². The summed E-state index contributed by atoms with van der Waals surface area (Å²) in [7, 11) is 0. The number of allylic oxidation sites excluding steroid dienone is 3. The molecule has 0 fully saturated rings. The number of aromatic nitrogens is 1. The third-order valence-corrected chi connectivity index (χ3v) is 4.95. The van der Waals surface area contributed by atoms with Gasteiger partial charge in [-0.05, 0) is 35.9 Å². The number of hydrogen-bond acceptors (Lipinski definition) is 4. The highest BCUT2D eigenvalue weighted by molar-refractivity contribution is 6.30. The van der Waals surface area contributed by atoms with Gasteiger partial charge in [-0.15, -0.1) is 0 Å². The molecular formula is C21H16ClF3N4O. The molecule has 1 aromatic heterocycles. The summed E-state index contributed by atoms with van der Waals surface area (Å²) in [4.78, 5) is 18.4. The van der Waals surface area contributed by atoms with Crippen molar-refractivity contribution in [3.63, 3.8) is 0 Å². The molecule has 9 heteroatoms. The maximum absolute atomic E-state index is 13.6. The fourth-order valence-corrected chi connectivity index (χ4v) is 3.58. The Hall–Kier alpha value is -3.26. The lowest BCUT2D eigenvalue weighted by Gasteiger charge is -2.26. The van der Waals surface area contributed by atoms with Crippen molar-refractivity contribution >= 4 is 17.5 Å². The maximum Gasteiger partial charge on any atom is 0.412 e. The Bertz CT molecular complexity index is 1050. The summed E-state index contributed by atoms with van der Waals surface area (Å²) in [6.45, 7) is 0. The number of alkyl halides is 3. The molecule has 0 aliphatic carbocycles. The highest BCUT2D eigenvalue weighted by Gasteiger charge is 2.44. The predicted octanol–water partition coefficient (Wildman–Crippen LogP) is 4.35. The number of rotatable bonds is 4. The van der Waals surface area contributed by atoms with Gasteiger partial charge >= 0.3 is 6.18 Å². The zero-order valence-corrected chi connectivity index (χ0v) is 16.2. The maximum atomic E-state index is 13.6. The highest BCUT2D eigenvalue weighted by atomic mass is 35.5. The van der Waals surface area contributed by atoms with E-state index in [0.717, 1.165) is 11.8 Å². The van der Waals surface area contributed by atoms with Gasteiger partial charge in [-0.3, -0.25) is 9.78 Å². The van der Waals surface area contributed by atoms with Gasteiger partial charge in [0.2, 0.25) is 0 Å². The Morgan fingerprint density at radius 3 is 2.77 bits per heavy atom. The molecule has 0 saturated heterocycles. The molecule has 0 spiro atoms. The highest BCUT2D eigenvalue weighted by Crippen LogP contribution is 2.36. The average molecular weight is 433 g/mol. The first-order valence-corrected chi connectivity index (χ1v) is 9.39. The summed E-state index contributed by atoms with van der Waals surface area (Å²) in [5.74, 6) is -0.870. The van der Waals surface area contributed by atoms with Gasteiger partial charge in [0.15, 0.2) is 6.04 Å². The first-order chi connectivity index (χ1) is 14.3. The van der Waals surface area contributed by atoms with Crippen LogP contribution >= 0.6 is 11.6 Å². The molecule has 4 rings (SSSR count). The molecule has 30 heavy (non-hydrogen) atoms. The van der Waals surface area contributed by atoms with Gasteiger partial charge in [0.25, 0.3) is 5.91 Å². The summed E-state index contributed by atoms with van der Waals surface area (Å²) < 4.78 is 40.9. The van der Waals surface area contributed by atoms with Gasteiger partial charge in [0.05, 0.1) is 5.70 Å². The quantitative estimate of drug-likeness (QED) is 0.754. The molecule has 1 amide bonds. The zero-order valence-electron chi connectivity index (χ0n) is 15.4. The number of fused-ring (bicyclic) bond motifs is 1. The second-order valence-corrected chi connectivity index (χ2v) is 7.14. The van der Waals surface area contributed by atoms with Crippen LogP contribution in [0.5, 0.6) is 0 Å². The molecular weight excluding hydrogens is 417 g/mol. The number of nitrogens with one attached hydrogen (secondary N) is 2. The molecule has 1 aromatic carbocycles. The normalized spacial score (nSPS) is 18.8. The van der Waals surface area contributed by atoms with Crippen LogP contribution in [0.25, 0.3) is 0 Å². The molecule has 2 atom stereocenters. The van der Waals surface area contributed by atoms with Crippen LogP contribution in [0.4, 0.5) is 13.2 Å². The minimum Gasteiger partial charge on any atom is -0.355 e. The van der Waals surface area contributed by atoms with Crippen molar-refractivity contribution in [2.45, 2.75) is 18.4 Å². The van der Waals surface area contributed by atoms with Gasteiger partial charge in [0, 0.05) is 29.2 Å². The Balaban J connectivity index is 1.64. The Labute approximate surface area is 175 Å². The van der Waals surface area contributed by atoms with Crippen LogP contribution in [0.2, 0.25) is 5.02 Å². The molecule has 5 nitrogen and oxygen atoms in total. The van der Waals surface area contributed by atoms with Crippen molar-refractivity contribution in [3.8, 4) is 0 Å². The number of pyridine rings is 1. The number of hydrogen-bond donors (Lipinski definition) is 2. The standard InChI is InChI=1S/C21H16ClF3N4O/c22-15-7-3-5-13(11-15)19-27-17(16-8-1-2-10-29(16)19)20(30)28-18(21(23,24)25)14-6-4-9-26-12-14/h1-12,18-19,27H,(H,28,30). The summed E-state index contributed by atoms with van der Waals surface area (Å²) in [5, 5.41) is 5.64. The summed E-state index contributed by atoms with van der Waals surface area (Å²) >= 11 is 6.08. The molecule has 2 aliphatic rings. The van der Waals surface area contributed by atoms with Crippen molar-refractivity contribution in [1.29, 1.82) is 0 Å². The fourth-order valence-electron chi connectivity index (χ4n) is 3.38. The van der Waals surface area contributed by atoms with Crippen molar-refractivity contribution in [1.82, 2.24) is 20.5 Å². The van der Waals surface area contributed by atoms with E-state index in [1.54, 1.807) is 47.5 Å². The number of halogens is 4. The van der Waals surface area contributed by atoms with E-state index in [9.17, 15) is 18.0 Å². The Morgan fingerprint density at radius 2 is 2.07 bits per heavy atom. The molecule has 0 saturated carbocycles. The monoisotopic (exact) mass is 432 g/mol. The SMILES string of the molecule is O=C(NC(c1cccnc1)C(F)(F)F)C1=C2C=CC=CN2C(c2cccc(Cl)c2)N1. The molecule has 0 bridgehead atoms. The molecule has 2 aromatic rings. The van der Waals surface area contributed by atoms with E-state index in [1.165, 1.54) is 18.3 Å². The van der Waals surface area contributed by atoms with Crippen LogP contribution in [0.1, 0.15) is 23.3 Å². The Kier molecular flexibility index (Phi) is 5.26. The molecule has 2 unspecified atom stereocenters. The van der Waals surface area contributed by atoms with E-state index in [0.29, 0.717) is 10.7 Å². The van der Waals surface area contributed by atoms with E-state index in [4.69, 9.17) is 11.6 Å². The van der Waals surface area contributed by atoms with Crippen LogP contribution in [-0.4, -0.2) is 22.0 Å². The molecule has 3 heterocycles. The average Bonchev–Trinajstić information content (AvgIpc) is 3.11.